The van der Waals surface area contributed by atoms with E-state index in [0.717, 1.165) is 0 Å². The van der Waals surface area contributed by atoms with Crippen LogP contribution >= 0.6 is 0 Å². The first-order chi connectivity index (χ1) is 5.22. The maximum Gasteiger partial charge on any atom is 0.137 e. The average Bonchev–Trinajstić information content (AvgIpc) is 2.05. The van der Waals surface area contributed by atoms with Crippen molar-refractivity contribution in [3.63, 3.8) is 0 Å². The third kappa shape index (κ3) is 2.08. The highest BCUT2D eigenvalue weighted by molar-refractivity contribution is 6.83. The Hall–Kier alpha value is -0.763. The molecule has 2 heteroatoms. The van der Waals surface area contributed by atoms with Gasteiger partial charge in [0.15, 0.2) is 0 Å². The van der Waals surface area contributed by atoms with Gasteiger partial charge in [0.05, 0.1) is 0 Å². The Morgan fingerprint density at radius 3 is 2.18 bits per heavy atom. The highest BCUT2D eigenvalue weighted by Crippen LogP contribution is 1.97. The van der Waals surface area contributed by atoms with Crippen molar-refractivity contribution in [3.8, 4) is 0 Å². The van der Waals surface area contributed by atoms with Crippen LogP contribution in [0, 0.1) is 5.92 Å². The van der Waals surface area contributed by atoms with Crippen LogP contribution in [-0.4, -0.2) is 13.8 Å². The number of carbonyl (C=O) groups is 1. The van der Waals surface area contributed by atoms with Gasteiger partial charge < -0.3 is 4.79 Å². The molecule has 0 aromatic carbocycles. The predicted octanol–water partition coefficient (Wildman–Crippen LogP) is 2.01. The molecule has 0 spiro atoms. The van der Waals surface area contributed by atoms with Crippen molar-refractivity contribution in [1.82, 2.24) is 0 Å². The second-order valence-electron chi connectivity index (χ2n) is 2.88. The standard InChI is InChI=1S/C9H12OSi/c1-8(2)9(10)11-6-4-3-5-7-11/h3-8H,1-2H3. The van der Waals surface area contributed by atoms with Gasteiger partial charge in [-0.25, -0.2) is 0 Å². The van der Waals surface area contributed by atoms with Gasteiger partial charge in [0.1, 0.15) is 13.8 Å². The molecule has 0 saturated carbocycles. The van der Waals surface area contributed by atoms with Crippen molar-refractivity contribution in [1.29, 1.82) is 0 Å². The summed E-state index contributed by atoms with van der Waals surface area (Å²) >= 11 is 0. The predicted molar refractivity (Wildman–Crippen MR) is 47.9 cm³/mol. The minimum atomic E-state index is -0.957. The largest absolute Gasteiger partial charge is 0.300 e. The average molecular weight is 164 g/mol. The molecule has 0 radical (unpaired) electrons. The Morgan fingerprint density at radius 2 is 1.73 bits per heavy atom. The third-order valence-electron chi connectivity index (χ3n) is 1.58. The zero-order valence-corrected chi connectivity index (χ0v) is 7.87. The molecule has 0 aliphatic rings. The van der Waals surface area contributed by atoms with Gasteiger partial charge in [0.2, 0.25) is 0 Å². The van der Waals surface area contributed by atoms with E-state index in [1.54, 1.807) is 0 Å². The quantitative estimate of drug-likeness (QED) is 0.611. The van der Waals surface area contributed by atoms with E-state index < -0.39 is 8.40 Å². The van der Waals surface area contributed by atoms with E-state index in [2.05, 4.69) is 0 Å². The Kier molecular flexibility index (Phi) is 2.71. The van der Waals surface area contributed by atoms with E-state index in [4.69, 9.17) is 0 Å². The summed E-state index contributed by atoms with van der Waals surface area (Å²) in [5.41, 5.74) is 4.07. The lowest BCUT2D eigenvalue weighted by molar-refractivity contribution is 0.0982. The minimum absolute atomic E-state index is 0.177. The summed E-state index contributed by atoms with van der Waals surface area (Å²) in [6.07, 6.45) is 0. The Bertz CT molecular complexity index is 241. The Balaban J connectivity index is 2.86. The molecule has 0 aliphatic heterocycles. The topological polar surface area (TPSA) is 17.1 Å². The van der Waals surface area contributed by atoms with Crippen LogP contribution in [0.4, 0.5) is 0 Å². The van der Waals surface area contributed by atoms with Crippen LogP contribution in [0.5, 0.6) is 0 Å². The first kappa shape index (κ1) is 8.33. The number of hydrogen-bond donors (Lipinski definition) is 0. The molecule has 1 aromatic rings. The van der Waals surface area contributed by atoms with Crippen molar-refractivity contribution in [2.45, 2.75) is 13.8 Å². The molecule has 0 unspecified atom stereocenters. The van der Waals surface area contributed by atoms with Gasteiger partial charge in [-0.2, -0.15) is 0 Å². The van der Waals surface area contributed by atoms with Crippen LogP contribution < -0.4 is 0 Å². The number of carbonyl (C=O) groups excluding carboxylic acids is 1. The van der Waals surface area contributed by atoms with E-state index in [1.165, 1.54) is 0 Å². The molecule has 0 atom stereocenters. The zero-order chi connectivity index (χ0) is 8.27. The van der Waals surface area contributed by atoms with Gasteiger partial charge in [-0.05, 0) is 0 Å². The fourth-order valence-corrected chi connectivity index (χ4v) is 2.68. The Labute approximate surface area is 68.6 Å². The molecule has 11 heavy (non-hydrogen) atoms. The Morgan fingerprint density at radius 1 is 1.18 bits per heavy atom. The van der Waals surface area contributed by atoms with Crippen molar-refractivity contribution >= 4 is 13.8 Å². The molecule has 0 fully saturated rings. The van der Waals surface area contributed by atoms with Crippen LogP contribution in [0.3, 0.4) is 0 Å². The normalized spacial score (nSPS) is 10.1. The van der Waals surface area contributed by atoms with Crippen LogP contribution in [0.15, 0.2) is 29.6 Å². The molecule has 1 rings (SSSR count). The van der Waals surface area contributed by atoms with Crippen LogP contribution in [-0.2, 0) is 0 Å². The molecule has 0 bridgehead atoms. The van der Waals surface area contributed by atoms with Crippen LogP contribution in [0.1, 0.15) is 18.6 Å². The number of rotatable bonds is 2. The van der Waals surface area contributed by atoms with Crippen LogP contribution in [0.2, 0.25) is 0 Å². The summed E-state index contributed by atoms with van der Waals surface area (Å²) in [5.74, 6) is 0.177. The van der Waals surface area contributed by atoms with Crippen LogP contribution in [0.25, 0.3) is 0 Å². The summed E-state index contributed by atoms with van der Waals surface area (Å²) in [5, 5.41) is 0.399. The maximum absolute atomic E-state index is 11.4. The van der Waals surface area contributed by atoms with Gasteiger partial charge in [0, 0.05) is 5.92 Å². The first-order valence-corrected chi connectivity index (χ1v) is 5.46. The molecule has 0 saturated heterocycles. The fraction of sp³-hybridized carbons (Fsp3) is 0.333. The minimum Gasteiger partial charge on any atom is -0.300 e. The summed E-state index contributed by atoms with van der Waals surface area (Å²) in [7, 11) is -0.957. The summed E-state index contributed by atoms with van der Waals surface area (Å²) < 4.78 is 0. The monoisotopic (exact) mass is 164 g/mol. The molecule has 58 valence electrons. The lowest BCUT2D eigenvalue weighted by Gasteiger charge is -2.01. The second-order valence-corrected chi connectivity index (χ2v) is 4.96. The van der Waals surface area contributed by atoms with E-state index >= 15 is 0 Å². The molecule has 0 aliphatic carbocycles. The molecule has 1 heterocycles. The smallest absolute Gasteiger partial charge is 0.137 e. The second kappa shape index (κ2) is 3.58. The van der Waals surface area contributed by atoms with Crippen molar-refractivity contribution in [3.05, 3.63) is 29.6 Å². The summed E-state index contributed by atoms with van der Waals surface area (Å²) in [6, 6.07) is 5.89. The van der Waals surface area contributed by atoms with Gasteiger partial charge in [0.25, 0.3) is 0 Å². The van der Waals surface area contributed by atoms with Gasteiger partial charge >= 0.3 is 0 Å². The SMILES string of the molecule is CC(C)C(=O)[si]1ccccc1. The molecule has 1 nitrogen and oxygen atoms in total. The molecule has 0 amide bonds. The van der Waals surface area contributed by atoms with E-state index in [9.17, 15) is 4.79 Å². The third-order valence-corrected chi connectivity index (χ3v) is 3.83. The molecular weight excluding hydrogens is 152 g/mol. The van der Waals surface area contributed by atoms with Crippen molar-refractivity contribution in [2.75, 3.05) is 0 Å². The first-order valence-electron chi connectivity index (χ1n) is 3.81. The van der Waals surface area contributed by atoms with Crippen molar-refractivity contribution in [2.24, 2.45) is 5.92 Å². The van der Waals surface area contributed by atoms with Gasteiger partial charge in [-0.3, -0.25) is 0 Å². The highest BCUT2D eigenvalue weighted by atomic mass is 28.2. The number of hydrogen-bond acceptors (Lipinski definition) is 1. The van der Waals surface area contributed by atoms with E-state index in [0.29, 0.717) is 5.41 Å². The molecule has 1 aromatic heterocycles. The summed E-state index contributed by atoms with van der Waals surface area (Å²) in [6.45, 7) is 3.92. The zero-order valence-electron chi connectivity index (χ0n) is 6.87. The van der Waals surface area contributed by atoms with Crippen molar-refractivity contribution < 1.29 is 4.79 Å². The maximum atomic E-state index is 11.4. The molecular formula is C9H12OSi. The molecule has 0 N–H and O–H groups in total. The van der Waals surface area contributed by atoms with Gasteiger partial charge in [-0.1, -0.05) is 43.4 Å². The van der Waals surface area contributed by atoms with E-state index in [1.807, 2.05) is 43.4 Å². The van der Waals surface area contributed by atoms with Gasteiger partial charge in [-0.15, -0.1) is 0 Å². The lowest BCUT2D eigenvalue weighted by atomic mass is 10.3. The highest BCUT2D eigenvalue weighted by Gasteiger charge is 2.08. The summed E-state index contributed by atoms with van der Waals surface area (Å²) in [4.78, 5) is 11.4. The van der Waals surface area contributed by atoms with E-state index in [-0.39, 0.29) is 5.92 Å². The lowest BCUT2D eigenvalue weighted by Crippen LogP contribution is -2.17. The fourth-order valence-electron chi connectivity index (χ4n) is 0.936.